The van der Waals surface area contributed by atoms with Crippen LogP contribution in [0.5, 0.6) is 5.75 Å². The number of likely N-dealkylation sites (N-methyl/N-ethyl adjacent to an activating group) is 1. The maximum absolute atomic E-state index is 5.59. The van der Waals surface area contributed by atoms with Crippen LogP contribution in [-0.2, 0) is 12.8 Å². The molecule has 0 saturated heterocycles. The zero-order chi connectivity index (χ0) is 14.7. The Labute approximate surface area is 126 Å². The van der Waals surface area contributed by atoms with Gasteiger partial charge < -0.3 is 10.1 Å². The lowest BCUT2D eigenvalue weighted by atomic mass is 9.98. The number of aryl methyl sites for hydroxylation is 1. The first-order chi connectivity index (χ1) is 10.3. The van der Waals surface area contributed by atoms with E-state index in [0.717, 1.165) is 37.4 Å². The van der Waals surface area contributed by atoms with Crippen LogP contribution in [0, 0.1) is 6.92 Å². The number of hydrogen-bond donors (Lipinski definition) is 1. The summed E-state index contributed by atoms with van der Waals surface area (Å²) in [6.07, 6.45) is 3.87. The van der Waals surface area contributed by atoms with E-state index in [1.807, 2.05) is 6.20 Å². The lowest BCUT2D eigenvalue weighted by molar-refractivity contribution is 0.356. The molecule has 110 valence electrons. The Kier molecular flexibility index (Phi) is 4.20. The maximum Gasteiger partial charge on any atom is 0.122 e. The van der Waals surface area contributed by atoms with Gasteiger partial charge in [-0.15, -0.1) is 0 Å². The number of nitrogens with one attached hydrogen (secondary N) is 1. The summed E-state index contributed by atoms with van der Waals surface area (Å²) in [6, 6.07) is 11.1. The average Bonchev–Trinajstić information content (AvgIpc) is 2.96. The molecule has 21 heavy (non-hydrogen) atoms. The van der Waals surface area contributed by atoms with Crippen molar-refractivity contribution < 1.29 is 4.74 Å². The molecule has 1 aromatic heterocycles. The number of ether oxygens (including phenoxy) is 1. The smallest absolute Gasteiger partial charge is 0.122 e. The fourth-order valence-electron chi connectivity index (χ4n) is 2.81. The van der Waals surface area contributed by atoms with Crippen LogP contribution >= 0.6 is 0 Å². The second-order valence-electron chi connectivity index (χ2n) is 5.61. The molecule has 0 bridgehead atoms. The van der Waals surface area contributed by atoms with E-state index in [9.17, 15) is 0 Å². The van der Waals surface area contributed by atoms with Gasteiger partial charge in [0.15, 0.2) is 0 Å². The number of fused-ring (bicyclic) bond motifs is 1. The van der Waals surface area contributed by atoms with Crippen molar-refractivity contribution in [3.05, 3.63) is 58.9 Å². The molecule has 3 rings (SSSR count). The summed E-state index contributed by atoms with van der Waals surface area (Å²) in [5.41, 5.74) is 4.98. The normalized spacial score (nSPS) is 14.6. The number of hydrogen-bond acceptors (Lipinski definition) is 3. The van der Waals surface area contributed by atoms with E-state index in [1.54, 1.807) is 0 Å². The van der Waals surface area contributed by atoms with Gasteiger partial charge in [0, 0.05) is 30.8 Å². The highest BCUT2D eigenvalue weighted by molar-refractivity contribution is 5.41. The average molecular weight is 282 g/mol. The van der Waals surface area contributed by atoms with E-state index >= 15 is 0 Å². The third kappa shape index (κ3) is 3.24. The Bertz CT molecular complexity index is 607. The van der Waals surface area contributed by atoms with Crippen LogP contribution in [0.4, 0.5) is 0 Å². The topological polar surface area (TPSA) is 34.2 Å². The maximum atomic E-state index is 5.59. The molecule has 0 spiro atoms. The van der Waals surface area contributed by atoms with Crippen LogP contribution in [0.25, 0.3) is 0 Å². The summed E-state index contributed by atoms with van der Waals surface area (Å²) in [4.78, 5) is 4.53. The van der Waals surface area contributed by atoms with Gasteiger partial charge in [-0.2, -0.15) is 0 Å². The third-order valence-electron chi connectivity index (χ3n) is 3.95. The molecule has 3 heteroatoms. The molecule has 0 amide bonds. The molecule has 0 radical (unpaired) electrons. The van der Waals surface area contributed by atoms with Gasteiger partial charge >= 0.3 is 0 Å². The predicted octanol–water partition coefficient (Wildman–Crippen LogP) is 3.22. The summed E-state index contributed by atoms with van der Waals surface area (Å²) in [6.45, 7) is 5.97. The molecule has 1 aliphatic rings. The fraction of sp³-hybridized carbons (Fsp3) is 0.389. The minimum atomic E-state index is 0.302. The monoisotopic (exact) mass is 282 g/mol. The van der Waals surface area contributed by atoms with Gasteiger partial charge in [-0.05, 0) is 42.3 Å². The second kappa shape index (κ2) is 6.27. The molecule has 1 atom stereocenters. The zero-order valence-corrected chi connectivity index (χ0v) is 12.7. The van der Waals surface area contributed by atoms with Crippen molar-refractivity contribution in [2.75, 3.05) is 13.2 Å². The molecule has 0 aliphatic carbocycles. The lowest BCUT2D eigenvalue weighted by Gasteiger charge is -2.19. The van der Waals surface area contributed by atoms with Crippen molar-refractivity contribution in [1.82, 2.24) is 10.3 Å². The van der Waals surface area contributed by atoms with Gasteiger partial charge in [0.25, 0.3) is 0 Å². The van der Waals surface area contributed by atoms with E-state index in [4.69, 9.17) is 4.74 Å². The zero-order valence-electron chi connectivity index (χ0n) is 12.7. The third-order valence-corrected chi connectivity index (χ3v) is 3.95. The first-order valence-corrected chi connectivity index (χ1v) is 7.67. The second-order valence-corrected chi connectivity index (χ2v) is 5.61. The highest BCUT2D eigenvalue weighted by Crippen LogP contribution is 2.29. The molecule has 2 aromatic rings. The molecule has 0 saturated carbocycles. The molecule has 2 heterocycles. The Morgan fingerprint density at radius 1 is 1.29 bits per heavy atom. The quantitative estimate of drug-likeness (QED) is 0.914. The minimum absolute atomic E-state index is 0.302. The molecule has 1 unspecified atom stereocenters. The highest BCUT2D eigenvalue weighted by atomic mass is 16.5. The van der Waals surface area contributed by atoms with E-state index in [-0.39, 0.29) is 0 Å². The van der Waals surface area contributed by atoms with Gasteiger partial charge in [-0.1, -0.05) is 25.1 Å². The molecular weight excluding hydrogens is 260 g/mol. The Morgan fingerprint density at radius 2 is 2.19 bits per heavy atom. The van der Waals surface area contributed by atoms with Crippen molar-refractivity contribution in [2.24, 2.45) is 0 Å². The number of nitrogens with zero attached hydrogens (tertiary/aromatic N) is 1. The standard InChI is InChI=1S/C18H22N2O/c1-3-19-17(11-16-6-4-13(2)12-20-16)14-5-7-18-15(10-14)8-9-21-18/h4-7,10,12,17,19H,3,8-9,11H2,1-2H3. The van der Waals surface area contributed by atoms with Crippen LogP contribution in [0.3, 0.4) is 0 Å². The van der Waals surface area contributed by atoms with Crippen LogP contribution in [0.1, 0.15) is 35.3 Å². The van der Waals surface area contributed by atoms with Crippen molar-refractivity contribution in [3.63, 3.8) is 0 Å². The molecule has 1 aliphatic heterocycles. The first-order valence-electron chi connectivity index (χ1n) is 7.67. The van der Waals surface area contributed by atoms with Crippen LogP contribution in [0.2, 0.25) is 0 Å². The van der Waals surface area contributed by atoms with Gasteiger partial charge in [0.05, 0.1) is 6.61 Å². The lowest BCUT2D eigenvalue weighted by Crippen LogP contribution is -2.23. The fourth-order valence-corrected chi connectivity index (χ4v) is 2.81. The Balaban J connectivity index is 1.82. The van der Waals surface area contributed by atoms with E-state index < -0.39 is 0 Å². The number of rotatable bonds is 5. The number of pyridine rings is 1. The van der Waals surface area contributed by atoms with Crippen LogP contribution in [-0.4, -0.2) is 18.1 Å². The van der Waals surface area contributed by atoms with Crippen molar-refractivity contribution in [3.8, 4) is 5.75 Å². The molecule has 0 fully saturated rings. The van der Waals surface area contributed by atoms with Crippen LogP contribution < -0.4 is 10.1 Å². The van der Waals surface area contributed by atoms with E-state index in [0.29, 0.717) is 6.04 Å². The summed E-state index contributed by atoms with van der Waals surface area (Å²) in [7, 11) is 0. The largest absolute Gasteiger partial charge is 0.493 e. The first kappa shape index (κ1) is 14.1. The molecule has 1 aromatic carbocycles. The summed E-state index contributed by atoms with van der Waals surface area (Å²) >= 11 is 0. The summed E-state index contributed by atoms with van der Waals surface area (Å²) < 4.78 is 5.59. The van der Waals surface area contributed by atoms with Gasteiger partial charge in [-0.3, -0.25) is 4.98 Å². The van der Waals surface area contributed by atoms with Gasteiger partial charge in [-0.25, -0.2) is 0 Å². The Hall–Kier alpha value is -1.87. The SMILES string of the molecule is CCNC(Cc1ccc(C)cn1)c1ccc2c(c1)CCO2. The number of benzene rings is 1. The number of aromatic nitrogens is 1. The Morgan fingerprint density at radius 3 is 2.95 bits per heavy atom. The predicted molar refractivity (Wildman–Crippen MR) is 84.7 cm³/mol. The molecule has 3 nitrogen and oxygen atoms in total. The van der Waals surface area contributed by atoms with Crippen molar-refractivity contribution in [2.45, 2.75) is 32.7 Å². The molecule has 1 N–H and O–H groups in total. The van der Waals surface area contributed by atoms with Gasteiger partial charge in [0.1, 0.15) is 5.75 Å². The van der Waals surface area contributed by atoms with E-state index in [2.05, 4.69) is 54.5 Å². The summed E-state index contributed by atoms with van der Waals surface area (Å²) in [5, 5.41) is 3.57. The van der Waals surface area contributed by atoms with E-state index in [1.165, 1.54) is 16.7 Å². The minimum Gasteiger partial charge on any atom is -0.493 e. The molecular formula is C18H22N2O. The highest BCUT2D eigenvalue weighted by Gasteiger charge is 2.17. The van der Waals surface area contributed by atoms with Crippen molar-refractivity contribution >= 4 is 0 Å². The van der Waals surface area contributed by atoms with Crippen LogP contribution in [0.15, 0.2) is 36.5 Å². The van der Waals surface area contributed by atoms with Gasteiger partial charge in [0.2, 0.25) is 0 Å². The summed E-state index contributed by atoms with van der Waals surface area (Å²) in [5.74, 6) is 1.04. The van der Waals surface area contributed by atoms with Crippen molar-refractivity contribution in [1.29, 1.82) is 0 Å².